The van der Waals surface area contributed by atoms with E-state index in [9.17, 15) is 14.4 Å². The van der Waals surface area contributed by atoms with Crippen LogP contribution in [0, 0.1) is 0 Å². The molecule has 3 amide bonds. The van der Waals surface area contributed by atoms with Gasteiger partial charge < -0.3 is 5.32 Å². The molecule has 2 heterocycles. The molecule has 0 aliphatic carbocycles. The number of halogens is 1. The maximum absolute atomic E-state index is 13.1. The number of benzene rings is 2. The molecule has 7 nitrogen and oxygen atoms in total. The van der Waals surface area contributed by atoms with Crippen LogP contribution in [0.1, 0.15) is 5.56 Å². The second-order valence-electron chi connectivity index (χ2n) is 6.46. The normalized spacial score (nSPS) is 13.7. The van der Waals surface area contributed by atoms with Gasteiger partial charge in [0.1, 0.15) is 0 Å². The van der Waals surface area contributed by atoms with Gasteiger partial charge in [-0.15, -0.1) is 0 Å². The average molecular weight is 429 g/mol. The zero-order chi connectivity index (χ0) is 20.4. The number of hydrogen-bond acceptors (Lipinski definition) is 5. The highest BCUT2D eigenvalue weighted by Gasteiger charge is 2.26. The van der Waals surface area contributed by atoms with E-state index in [1.165, 1.54) is 9.47 Å². The zero-order valence-corrected chi connectivity index (χ0v) is 16.9. The topological polar surface area (TPSA) is 84.3 Å². The number of carbonyl (C=O) groups excluding carboxylic acids is 2. The Hall–Kier alpha value is -2.84. The Morgan fingerprint density at radius 3 is 2.66 bits per heavy atom. The smallest absolute Gasteiger partial charge is 0.324 e. The van der Waals surface area contributed by atoms with Crippen LogP contribution in [-0.4, -0.2) is 45.2 Å². The number of hydrogen-bond donors (Lipinski definition) is 1. The Morgan fingerprint density at radius 2 is 1.90 bits per heavy atom. The quantitative estimate of drug-likeness (QED) is 0.499. The van der Waals surface area contributed by atoms with Gasteiger partial charge in [0.2, 0.25) is 5.91 Å². The van der Waals surface area contributed by atoms with Crippen molar-refractivity contribution < 1.29 is 9.59 Å². The maximum atomic E-state index is 13.1. The number of fused-ring (bicyclic) bond motifs is 1. The van der Waals surface area contributed by atoms with Crippen LogP contribution in [0.3, 0.4) is 0 Å². The SMILES string of the molecule is O=C(CSc1nc2ccccc2c(=O)n1Cc1ccccc1Cl)N1CCNC1=O. The predicted octanol–water partition coefficient (Wildman–Crippen LogP) is 2.74. The van der Waals surface area contributed by atoms with Crippen molar-refractivity contribution in [2.75, 3.05) is 18.8 Å². The van der Waals surface area contributed by atoms with E-state index in [4.69, 9.17) is 11.6 Å². The Morgan fingerprint density at radius 1 is 1.14 bits per heavy atom. The van der Waals surface area contributed by atoms with Crippen molar-refractivity contribution in [1.82, 2.24) is 19.8 Å². The minimum atomic E-state index is -0.393. The van der Waals surface area contributed by atoms with Gasteiger partial charge in [0.05, 0.1) is 23.2 Å². The molecule has 148 valence electrons. The maximum Gasteiger partial charge on any atom is 0.324 e. The van der Waals surface area contributed by atoms with E-state index in [2.05, 4.69) is 10.3 Å². The number of thioether (sulfide) groups is 1. The van der Waals surface area contributed by atoms with Gasteiger partial charge in [-0.2, -0.15) is 0 Å². The van der Waals surface area contributed by atoms with E-state index in [0.717, 1.165) is 17.3 Å². The summed E-state index contributed by atoms with van der Waals surface area (Å²) in [6.07, 6.45) is 0. The second kappa shape index (κ2) is 8.26. The number of imide groups is 1. The van der Waals surface area contributed by atoms with E-state index in [0.29, 0.717) is 34.2 Å². The lowest BCUT2D eigenvalue weighted by molar-refractivity contribution is -0.124. The number of nitrogens with one attached hydrogen (secondary N) is 1. The van der Waals surface area contributed by atoms with Crippen molar-refractivity contribution >= 4 is 46.2 Å². The van der Waals surface area contributed by atoms with Crippen LogP contribution in [0.15, 0.2) is 58.5 Å². The van der Waals surface area contributed by atoms with Crippen molar-refractivity contribution in [3.8, 4) is 0 Å². The summed E-state index contributed by atoms with van der Waals surface area (Å²) in [6.45, 7) is 1.02. The molecule has 2 aromatic carbocycles. The summed E-state index contributed by atoms with van der Waals surface area (Å²) in [4.78, 5) is 43.0. The van der Waals surface area contributed by atoms with Gasteiger partial charge in [-0.05, 0) is 23.8 Å². The Bertz CT molecular complexity index is 1160. The highest BCUT2D eigenvalue weighted by atomic mass is 35.5. The van der Waals surface area contributed by atoms with Crippen molar-refractivity contribution in [3.05, 3.63) is 69.5 Å². The molecule has 0 radical (unpaired) electrons. The third kappa shape index (κ3) is 3.99. The molecule has 1 saturated heterocycles. The fourth-order valence-corrected chi connectivity index (χ4v) is 4.18. The lowest BCUT2D eigenvalue weighted by atomic mass is 10.2. The molecule has 4 rings (SSSR count). The standard InChI is InChI=1S/C20H17ClN4O3S/c21-15-7-3-1-5-13(15)11-25-18(27)14-6-2-4-8-16(14)23-20(25)29-12-17(26)24-10-9-22-19(24)28/h1-8H,9-12H2,(H,22,28). The van der Waals surface area contributed by atoms with Gasteiger partial charge in [0, 0.05) is 18.1 Å². The van der Waals surface area contributed by atoms with Gasteiger partial charge in [-0.25, -0.2) is 9.78 Å². The Labute approximate surface area is 175 Å². The molecule has 0 atom stereocenters. The molecule has 9 heteroatoms. The van der Waals surface area contributed by atoms with Gasteiger partial charge in [0.25, 0.3) is 5.56 Å². The van der Waals surface area contributed by atoms with Crippen molar-refractivity contribution in [2.45, 2.75) is 11.7 Å². The molecule has 0 unspecified atom stereocenters. The molecular weight excluding hydrogens is 412 g/mol. The molecule has 0 spiro atoms. The molecular formula is C20H17ClN4O3S. The van der Waals surface area contributed by atoms with Crippen LogP contribution in [0.5, 0.6) is 0 Å². The molecule has 1 N–H and O–H groups in total. The summed E-state index contributed by atoms with van der Waals surface area (Å²) in [7, 11) is 0. The predicted molar refractivity (Wildman–Crippen MR) is 112 cm³/mol. The van der Waals surface area contributed by atoms with Crippen LogP contribution in [0.4, 0.5) is 4.79 Å². The first-order chi connectivity index (χ1) is 14.0. The van der Waals surface area contributed by atoms with Crippen molar-refractivity contribution in [2.24, 2.45) is 0 Å². The average Bonchev–Trinajstić information content (AvgIpc) is 3.16. The van der Waals surface area contributed by atoms with Crippen LogP contribution in [0.2, 0.25) is 5.02 Å². The Balaban J connectivity index is 1.69. The first kappa shape index (κ1) is 19.5. The number of carbonyl (C=O) groups is 2. The van der Waals surface area contributed by atoms with Crippen LogP contribution >= 0.6 is 23.4 Å². The summed E-state index contributed by atoms with van der Waals surface area (Å²) in [5.41, 5.74) is 1.13. The Kier molecular flexibility index (Phi) is 5.55. The molecule has 0 saturated carbocycles. The summed E-state index contributed by atoms with van der Waals surface area (Å²) in [5.74, 6) is -0.322. The number of amides is 3. The minimum absolute atomic E-state index is 0.000716. The highest BCUT2D eigenvalue weighted by molar-refractivity contribution is 7.99. The van der Waals surface area contributed by atoms with Gasteiger partial charge in [0.15, 0.2) is 5.16 Å². The fraction of sp³-hybridized carbons (Fsp3) is 0.200. The first-order valence-corrected chi connectivity index (χ1v) is 10.3. The van der Waals surface area contributed by atoms with Gasteiger partial charge in [-0.1, -0.05) is 53.7 Å². The van der Waals surface area contributed by atoms with Gasteiger partial charge >= 0.3 is 6.03 Å². The first-order valence-electron chi connectivity index (χ1n) is 8.98. The van der Waals surface area contributed by atoms with E-state index >= 15 is 0 Å². The van der Waals surface area contributed by atoms with E-state index in [-0.39, 0.29) is 23.8 Å². The van der Waals surface area contributed by atoms with Gasteiger partial charge in [-0.3, -0.25) is 19.1 Å². The molecule has 1 fully saturated rings. The fourth-order valence-electron chi connectivity index (χ4n) is 3.11. The molecule has 29 heavy (non-hydrogen) atoms. The summed E-state index contributed by atoms with van der Waals surface area (Å²) >= 11 is 7.41. The lowest BCUT2D eigenvalue weighted by Gasteiger charge is -2.15. The summed E-state index contributed by atoms with van der Waals surface area (Å²) < 4.78 is 1.52. The zero-order valence-electron chi connectivity index (χ0n) is 15.3. The van der Waals surface area contributed by atoms with Crippen LogP contribution in [-0.2, 0) is 11.3 Å². The second-order valence-corrected chi connectivity index (χ2v) is 7.81. The number of rotatable bonds is 5. The van der Waals surface area contributed by atoms with E-state index < -0.39 is 6.03 Å². The van der Waals surface area contributed by atoms with Crippen molar-refractivity contribution in [1.29, 1.82) is 0 Å². The largest absolute Gasteiger partial charge is 0.336 e. The molecule has 1 aliphatic heterocycles. The molecule has 1 aliphatic rings. The lowest BCUT2D eigenvalue weighted by Crippen LogP contribution is -2.35. The highest BCUT2D eigenvalue weighted by Crippen LogP contribution is 2.22. The van der Waals surface area contributed by atoms with Crippen LogP contribution < -0.4 is 10.9 Å². The molecule has 0 bridgehead atoms. The minimum Gasteiger partial charge on any atom is -0.336 e. The third-order valence-electron chi connectivity index (χ3n) is 4.60. The molecule has 1 aromatic heterocycles. The van der Waals surface area contributed by atoms with E-state index in [1.807, 2.05) is 18.2 Å². The summed E-state index contributed by atoms with van der Waals surface area (Å²) in [6, 6.07) is 14.0. The van der Waals surface area contributed by atoms with Crippen molar-refractivity contribution in [3.63, 3.8) is 0 Å². The number of nitrogens with zero attached hydrogens (tertiary/aromatic N) is 3. The number of urea groups is 1. The number of aromatic nitrogens is 2. The van der Waals surface area contributed by atoms with Crippen LogP contribution in [0.25, 0.3) is 10.9 Å². The molecule has 3 aromatic rings. The third-order valence-corrected chi connectivity index (χ3v) is 5.93. The van der Waals surface area contributed by atoms with E-state index in [1.54, 1.807) is 30.3 Å². The summed E-state index contributed by atoms with van der Waals surface area (Å²) in [5, 5.41) is 4.05. The number of para-hydroxylation sites is 1. The monoisotopic (exact) mass is 428 g/mol.